The summed E-state index contributed by atoms with van der Waals surface area (Å²) in [7, 11) is 1.68. The minimum absolute atomic E-state index is 0.0695. The van der Waals surface area contributed by atoms with Crippen LogP contribution in [0.2, 0.25) is 0 Å². The Kier molecular flexibility index (Phi) is 4.02. The monoisotopic (exact) mass is 310 g/mol. The molecule has 0 bridgehead atoms. The second kappa shape index (κ2) is 6.12. The average molecular weight is 310 g/mol. The zero-order valence-electron chi connectivity index (χ0n) is 13.1. The topological polar surface area (TPSA) is 64.2 Å². The van der Waals surface area contributed by atoms with Crippen LogP contribution in [0.1, 0.15) is 21.5 Å². The van der Waals surface area contributed by atoms with Crippen LogP contribution >= 0.6 is 0 Å². The van der Waals surface area contributed by atoms with E-state index in [1.54, 1.807) is 13.1 Å². The van der Waals surface area contributed by atoms with Crippen LogP contribution in [0.4, 0.5) is 0 Å². The van der Waals surface area contributed by atoms with Crippen LogP contribution in [0.15, 0.2) is 51.7 Å². The van der Waals surface area contributed by atoms with E-state index in [1.165, 1.54) is 4.57 Å². The Labute approximate surface area is 133 Å². The predicted octanol–water partition coefficient (Wildman–Crippen LogP) is 2.41. The highest BCUT2D eigenvalue weighted by Gasteiger charge is 2.09. The van der Waals surface area contributed by atoms with Crippen LogP contribution in [0.25, 0.3) is 11.1 Å². The number of benzene rings is 2. The standard InChI is InChI=1S/C18H18N2O3/c1-12-5-3-4-6-14(12)17(21)19-10-9-13-7-8-16-15(11-13)20(2)18(22)23-16/h3-8,11H,9-10H2,1-2H3,(H,19,21). The van der Waals surface area contributed by atoms with Gasteiger partial charge in [0.1, 0.15) is 0 Å². The van der Waals surface area contributed by atoms with Crippen molar-refractivity contribution in [2.24, 2.45) is 7.05 Å². The first kappa shape index (κ1) is 15.1. The third kappa shape index (κ3) is 3.04. The molecule has 1 N–H and O–H groups in total. The smallest absolute Gasteiger partial charge is 0.408 e. The van der Waals surface area contributed by atoms with Gasteiger partial charge in [0.15, 0.2) is 5.58 Å². The van der Waals surface area contributed by atoms with E-state index in [9.17, 15) is 9.59 Å². The molecular formula is C18H18N2O3. The number of oxazole rings is 1. The number of carbonyl (C=O) groups excluding carboxylic acids is 1. The van der Waals surface area contributed by atoms with Gasteiger partial charge in [0.2, 0.25) is 0 Å². The molecule has 23 heavy (non-hydrogen) atoms. The first-order valence-electron chi connectivity index (χ1n) is 7.48. The van der Waals surface area contributed by atoms with E-state index in [2.05, 4.69) is 5.32 Å². The van der Waals surface area contributed by atoms with E-state index >= 15 is 0 Å². The maximum Gasteiger partial charge on any atom is 0.419 e. The van der Waals surface area contributed by atoms with Crippen LogP contribution in [0.3, 0.4) is 0 Å². The van der Waals surface area contributed by atoms with Gasteiger partial charge in [-0.3, -0.25) is 9.36 Å². The third-order valence-corrected chi connectivity index (χ3v) is 3.94. The van der Waals surface area contributed by atoms with Crippen molar-refractivity contribution in [1.82, 2.24) is 9.88 Å². The normalized spacial score (nSPS) is 10.9. The van der Waals surface area contributed by atoms with Crippen molar-refractivity contribution in [3.8, 4) is 0 Å². The number of nitrogens with zero attached hydrogens (tertiary/aromatic N) is 1. The number of carbonyl (C=O) groups is 1. The molecule has 1 aromatic heterocycles. The molecule has 0 unspecified atom stereocenters. The van der Waals surface area contributed by atoms with Crippen molar-refractivity contribution in [3.05, 3.63) is 69.7 Å². The Balaban J connectivity index is 1.67. The van der Waals surface area contributed by atoms with Gasteiger partial charge in [-0.1, -0.05) is 24.3 Å². The summed E-state index contributed by atoms with van der Waals surface area (Å²) in [4.78, 5) is 23.6. The summed E-state index contributed by atoms with van der Waals surface area (Å²) in [6, 6.07) is 13.1. The van der Waals surface area contributed by atoms with E-state index < -0.39 is 0 Å². The zero-order chi connectivity index (χ0) is 16.4. The van der Waals surface area contributed by atoms with E-state index in [4.69, 9.17) is 4.42 Å². The Hall–Kier alpha value is -2.82. The molecule has 5 heteroatoms. The molecule has 0 spiro atoms. The fourth-order valence-corrected chi connectivity index (χ4v) is 2.57. The number of aryl methyl sites for hydroxylation is 2. The lowest BCUT2D eigenvalue weighted by molar-refractivity contribution is 0.0953. The van der Waals surface area contributed by atoms with Crippen molar-refractivity contribution in [2.75, 3.05) is 6.54 Å². The van der Waals surface area contributed by atoms with E-state index in [0.29, 0.717) is 24.1 Å². The van der Waals surface area contributed by atoms with Crippen LogP contribution in [0, 0.1) is 6.92 Å². The number of fused-ring (bicyclic) bond motifs is 1. The van der Waals surface area contributed by atoms with Gasteiger partial charge in [-0.2, -0.15) is 0 Å². The summed E-state index contributed by atoms with van der Waals surface area (Å²) in [5.74, 6) is -0.440. The van der Waals surface area contributed by atoms with Gasteiger partial charge in [-0.05, 0) is 42.7 Å². The molecule has 3 rings (SSSR count). The molecule has 0 fully saturated rings. The number of hydrogen-bond acceptors (Lipinski definition) is 3. The number of amides is 1. The number of aromatic nitrogens is 1. The maximum absolute atomic E-state index is 12.2. The van der Waals surface area contributed by atoms with E-state index in [1.807, 2.05) is 43.3 Å². The van der Waals surface area contributed by atoms with Crippen LogP contribution < -0.4 is 11.1 Å². The Bertz CT molecular complexity index is 921. The Morgan fingerprint density at radius 1 is 1.22 bits per heavy atom. The van der Waals surface area contributed by atoms with Crippen LogP contribution in [0.5, 0.6) is 0 Å². The molecule has 0 aliphatic carbocycles. The zero-order valence-corrected chi connectivity index (χ0v) is 13.1. The molecule has 2 aromatic carbocycles. The largest absolute Gasteiger partial charge is 0.419 e. The first-order chi connectivity index (χ1) is 11.1. The number of nitrogens with one attached hydrogen (secondary N) is 1. The van der Waals surface area contributed by atoms with Crippen LogP contribution in [-0.4, -0.2) is 17.0 Å². The minimum Gasteiger partial charge on any atom is -0.408 e. The fraction of sp³-hybridized carbons (Fsp3) is 0.222. The molecule has 0 aliphatic rings. The maximum atomic E-state index is 12.2. The molecule has 1 amide bonds. The van der Waals surface area contributed by atoms with Crippen LogP contribution in [-0.2, 0) is 13.5 Å². The average Bonchev–Trinajstić information content (AvgIpc) is 2.82. The highest BCUT2D eigenvalue weighted by molar-refractivity contribution is 5.95. The fourth-order valence-electron chi connectivity index (χ4n) is 2.57. The molecular weight excluding hydrogens is 292 g/mol. The van der Waals surface area contributed by atoms with Gasteiger partial charge >= 0.3 is 5.76 Å². The Morgan fingerprint density at radius 3 is 2.78 bits per heavy atom. The SMILES string of the molecule is Cc1ccccc1C(=O)NCCc1ccc2oc(=O)n(C)c2c1. The highest BCUT2D eigenvalue weighted by Crippen LogP contribution is 2.14. The molecule has 0 saturated heterocycles. The lowest BCUT2D eigenvalue weighted by atomic mass is 10.1. The molecule has 118 valence electrons. The van der Waals surface area contributed by atoms with Crippen molar-refractivity contribution >= 4 is 17.0 Å². The first-order valence-corrected chi connectivity index (χ1v) is 7.48. The molecule has 0 saturated carbocycles. The molecule has 3 aromatic rings. The number of rotatable bonds is 4. The molecule has 5 nitrogen and oxygen atoms in total. The highest BCUT2D eigenvalue weighted by atomic mass is 16.4. The molecule has 0 atom stereocenters. The van der Waals surface area contributed by atoms with Crippen molar-refractivity contribution in [2.45, 2.75) is 13.3 Å². The summed E-state index contributed by atoms with van der Waals surface area (Å²) >= 11 is 0. The van der Waals surface area contributed by atoms with Gasteiger partial charge in [0.05, 0.1) is 5.52 Å². The van der Waals surface area contributed by atoms with Crippen molar-refractivity contribution in [3.63, 3.8) is 0 Å². The van der Waals surface area contributed by atoms with Gasteiger partial charge in [-0.25, -0.2) is 4.79 Å². The summed E-state index contributed by atoms with van der Waals surface area (Å²) in [5.41, 5.74) is 4.03. The summed E-state index contributed by atoms with van der Waals surface area (Å²) in [6.07, 6.45) is 0.687. The molecule has 0 aliphatic heterocycles. The summed E-state index contributed by atoms with van der Waals surface area (Å²) in [5, 5.41) is 2.93. The number of hydrogen-bond donors (Lipinski definition) is 1. The Morgan fingerprint density at radius 2 is 2.00 bits per heavy atom. The van der Waals surface area contributed by atoms with Gasteiger partial charge < -0.3 is 9.73 Å². The van der Waals surface area contributed by atoms with Crippen molar-refractivity contribution in [1.29, 1.82) is 0 Å². The second-order valence-electron chi connectivity index (χ2n) is 5.55. The molecule has 0 radical (unpaired) electrons. The lowest BCUT2D eigenvalue weighted by Crippen LogP contribution is -2.26. The van der Waals surface area contributed by atoms with Gasteiger partial charge in [0, 0.05) is 19.2 Å². The molecule has 1 heterocycles. The lowest BCUT2D eigenvalue weighted by Gasteiger charge is -2.07. The summed E-state index contributed by atoms with van der Waals surface area (Å²) < 4.78 is 6.58. The summed E-state index contributed by atoms with van der Waals surface area (Å²) in [6.45, 7) is 2.45. The minimum atomic E-state index is -0.370. The van der Waals surface area contributed by atoms with Gasteiger partial charge in [0.25, 0.3) is 5.91 Å². The third-order valence-electron chi connectivity index (χ3n) is 3.94. The van der Waals surface area contributed by atoms with Gasteiger partial charge in [-0.15, -0.1) is 0 Å². The second-order valence-corrected chi connectivity index (χ2v) is 5.55. The van der Waals surface area contributed by atoms with E-state index in [0.717, 1.165) is 16.6 Å². The van der Waals surface area contributed by atoms with Crippen molar-refractivity contribution < 1.29 is 9.21 Å². The predicted molar refractivity (Wildman–Crippen MR) is 88.7 cm³/mol. The van der Waals surface area contributed by atoms with E-state index in [-0.39, 0.29) is 11.7 Å². The quantitative estimate of drug-likeness (QED) is 0.805.